The molecule has 0 fully saturated rings. The zero-order chi connectivity index (χ0) is 13.1. The van der Waals surface area contributed by atoms with E-state index >= 15 is 0 Å². The molecule has 94 valence electrons. The van der Waals surface area contributed by atoms with E-state index in [9.17, 15) is 4.79 Å². The van der Waals surface area contributed by atoms with Gasteiger partial charge in [0.25, 0.3) is 5.91 Å². The van der Waals surface area contributed by atoms with Crippen molar-refractivity contribution in [3.63, 3.8) is 0 Å². The van der Waals surface area contributed by atoms with Gasteiger partial charge in [-0.25, -0.2) is 0 Å². The van der Waals surface area contributed by atoms with E-state index in [4.69, 9.17) is 0 Å². The van der Waals surface area contributed by atoms with Gasteiger partial charge in [-0.05, 0) is 24.6 Å². The molecule has 0 aliphatic rings. The Morgan fingerprint density at radius 3 is 2.94 bits per heavy atom. The molecule has 18 heavy (non-hydrogen) atoms. The van der Waals surface area contributed by atoms with E-state index in [1.807, 2.05) is 26.1 Å². The van der Waals surface area contributed by atoms with E-state index in [2.05, 4.69) is 28.1 Å². The van der Waals surface area contributed by atoms with Crippen LogP contribution in [0, 0.1) is 6.92 Å². The molecule has 2 aromatic rings. The minimum atomic E-state index is -0.133. The van der Waals surface area contributed by atoms with Gasteiger partial charge in [0.15, 0.2) is 5.82 Å². The molecular formula is C12H14N4OS. The second kappa shape index (κ2) is 5.22. The summed E-state index contributed by atoms with van der Waals surface area (Å²) in [6.45, 7) is 2.25. The van der Waals surface area contributed by atoms with E-state index < -0.39 is 0 Å². The monoisotopic (exact) mass is 262 g/mol. The Kier molecular flexibility index (Phi) is 3.66. The molecule has 2 rings (SSSR count). The Bertz CT molecular complexity index is 579. The standard InChI is InChI=1S/C12H14N4OS/c1-8-3-4-9(18)5-10(8)12(17)13-6-11-15-14-7-16(11)2/h3-5,7,18H,6H2,1-2H3,(H,13,17). The average molecular weight is 262 g/mol. The van der Waals surface area contributed by atoms with Crippen molar-refractivity contribution in [3.05, 3.63) is 41.5 Å². The highest BCUT2D eigenvalue weighted by molar-refractivity contribution is 7.80. The molecule has 0 unspecified atom stereocenters. The Balaban J connectivity index is 2.08. The van der Waals surface area contributed by atoms with Gasteiger partial charge in [-0.1, -0.05) is 6.07 Å². The van der Waals surface area contributed by atoms with Gasteiger partial charge in [-0.3, -0.25) is 4.79 Å². The summed E-state index contributed by atoms with van der Waals surface area (Å²) in [4.78, 5) is 12.8. The molecule has 0 atom stereocenters. The predicted octanol–water partition coefficient (Wildman–Crippen LogP) is 1.34. The molecular weight excluding hydrogens is 248 g/mol. The highest BCUT2D eigenvalue weighted by Gasteiger charge is 2.10. The Labute approximate surface area is 111 Å². The van der Waals surface area contributed by atoms with Crippen LogP contribution >= 0.6 is 12.6 Å². The van der Waals surface area contributed by atoms with E-state index in [0.29, 0.717) is 17.9 Å². The van der Waals surface area contributed by atoms with Crippen molar-refractivity contribution < 1.29 is 4.79 Å². The van der Waals surface area contributed by atoms with Crippen LogP contribution in [-0.4, -0.2) is 20.7 Å². The Hall–Kier alpha value is -1.82. The van der Waals surface area contributed by atoms with E-state index in [0.717, 1.165) is 10.5 Å². The summed E-state index contributed by atoms with van der Waals surface area (Å²) < 4.78 is 1.77. The molecule has 1 heterocycles. The van der Waals surface area contributed by atoms with Crippen LogP contribution in [-0.2, 0) is 13.6 Å². The molecule has 6 heteroatoms. The lowest BCUT2D eigenvalue weighted by Gasteiger charge is -2.07. The largest absolute Gasteiger partial charge is 0.345 e. The van der Waals surface area contributed by atoms with Gasteiger partial charge in [0.05, 0.1) is 6.54 Å². The number of carbonyl (C=O) groups is 1. The van der Waals surface area contributed by atoms with E-state index in [1.165, 1.54) is 0 Å². The summed E-state index contributed by atoms with van der Waals surface area (Å²) in [5, 5.41) is 10.5. The summed E-state index contributed by atoms with van der Waals surface area (Å²) in [7, 11) is 1.83. The van der Waals surface area contributed by atoms with Crippen LogP contribution in [0.3, 0.4) is 0 Å². The molecule has 0 saturated carbocycles. The van der Waals surface area contributed by atoms with Crippen molar-refractivity contribution in [2.75, 3.05) is 0 Å². The van der Waals surface area contributed by atoms with Crippen LogP contribution in [0.15, 0.2) is 29.4 Å². The predicted molar refractivity (Wildman–Crippen MR) is 70.6 cm³/mol. The lowest BCUT2D eigenvalue weighted by molar-refractivity contribution is 0.0948. The number of amides is 1. The number of aromatic nitrogens is 3. The van der Waals surface area contributed by atoms with Crippen LogP contribution in [0.25, 0.3) is 0 Å². The molecule has 0 spiro atoms. The lowest BCUT2D eigenvalue weighted by Crippen LogP contribution is -2.25. The smallest absolute Gasteiger partial charge is 0.251 e. The molecule has 1 amide bonds. The first-order valence-electron chi connectivity index (χ1n) is 5.48. The highest BCUT2D eigenvalue weighted by atomic mass is 32.1. The van der Waals surface area contributed by atoms with Gasteiger partial charge in [-0.15, -0.1) is 22.8 Å². The number of hydrogen-bond acceptors (Lipinski definition) is 4. The summed E-state index contributed by atoms with van der Waals surface area (Å²) in [6, 6.07) is 5.49. The quantitative estimate of drug-likeness (QED) is 0.821. The third-order valence-corrected chi connectivity index (χ3v) is 2.96. The van der Waals surface area contributed by atoms with Gasteiger partial charge in [0.2, 0.25) is 0 Å². The zero-order valence-corrected chi connectivity index (χ0v) is 11.1. The second-order valence-electron chi connectivity index (χ2n) is 4.04. The maximum Gasteiger partial charge on any atom is 0.251 e. The second-order valence-corrected chi connectivity index (χ2v) is 4.56. The molecule has 0 bridgehead atoms. The van der Waals surface area contributed by atoms with Crippen molar-refractivity contribution >= 4 is 18.5 Å². The van der Waals surface area contributed by atoms with Crippen LogP contribution in [0.5, 0.6) is 0 Å². The minimum Gasteiger partial charge on any atom is -0.345 e. The number of benzene rings is 1. The molecule has 1 aromatic heterocycles. The van der Waals surface area contributed by atoms with Gasteiger partial charge in [-0.2, -0.15) is 0 Å². The number of nitrogens with one attached hydrogen (secondary N) is 1. The molecule has 0 aliphatic carbocycles. The number of carbonyl (C=O) groups excluding carboxylic acids is 1. The van der Waals surface area contributed by atoms with Crippen LogP contribution in [0.1, 0.15) is 21.7 Å². The Morgan fingerprint density at radius 2 is 2.28 bits per heavy atom. The van der Waals surface area contributed by atoms with Gasteiger partial charge in [0, 0.05) is 17.5 Å². The first-order valence-corrected chi connectivity index (χ1v) is 5.93. The molecule has 0 saturated heterocycles. The topological polar surface area (TPSA) is 59.8 Å². The van der Waals surface area contributed by atoms with Crippen molar-refractivity contribution in [2.45, 2.75) is 18.4 Å². The van der Waals surface area contributed by atoms with Crippen molar-refractivity contribution in [3.8, 4) is 0 Å². The summed E-state index contributed by atoms with van der Waals surface area (Å²) >= 11 is 4.23. The third-order valence-electron chi connectivity index (χ3n) is 2.68. The fraction of sp³-hybridized carbons (Fsp3) is 0.250. The number of aryl methyl sites for hydroxylation is 2. The zero-order valence-electron chi connectivity index (χ0n) is 10.2. The maximum absolute atomic E-state index is 12.0. The SMILES string of the molecule is Cc1ccc(S)cc1C(=O)NCc1nncn1C. The number of hydrogen-bond donors (Lipinski definition) is 2. The molecule has 5 nitrogen and oxygen atoms in total. The van der Waals surface area contributed by atoms with Crippen LogP contribution < -0.4 is 5.32 Å². The molecule has 0 aliphatic heterocycles. The first-order chi connectivity index (χ1) is 8.58. The molecule has 0 radical (unpaired) electrons. The number of nitrogens with zero attached hydrogens (tertiary/aromatic N) is 3. The first kappa shape index (κ1) is 12.6. The number of rotatable bonds is 3. The van der Waals surface area contributed by atoms with Crippen LogP contribution in [0.4, 0.5) is 0 Å². The van der Waals surface area contributed by atoms with Gasteiger partial charge < -0.3 is 9.88 Å². The summed E-state index contributed by atoms with van der Waals surface area (Å²) in [5.74, 6) is 0.578. The Morgan fingerprint density at radius 1 is 1.50 bits per heavy atom. The normalized spacial score (nSPS) is 10.4. The average Bonchev–Trinajstić information content (AvgIpc) is 2.75. The van der Waals surface area contributed by atoms with E-state index in [1.54, 1.807) is 17.0 Å². The van der Waals surface area contributed by atoms with E-state index in [-0.39, 0.29) is 5.91 Å². The summed E-state index contributed by atoms with van der Waals surface area (Å²) in [5.41, 5.74) is 1.55. The molecule has 1 N–H and O–H groups in total. The summed E-state index contributed by atoms with van der Waals surface area (Å²) in [6.07, 6.45) is 1.60. The van der Waals surface area contributed by atoms with Crippen LogP contribution in [0.2, 0.25) is 0 Å². The fourth-order valence-electron chi connectivity index (χ4n) is 1.58. The maximum atomic E-state index is 12.0. The highest BCUT2D eigenvalue weighted by Crippen LogP contribution is 2.13. The number of thiol groups is 1. The van der Waals surface area contributed by atoms with Crippen molar-refractivity contribution in [2.24, 2.45) is 7.05 Å². The fourth-order valence-corrected chi connectivity index (χ4v) is 1.78. The molecule has 1 aromatic carbocycles. The minimum absolute atomic E-state index is 0.133. The lowest BCUT2D eigenvalue weighted by atomic mass is 10.1. The third kappa shape index (κ3) is 2.70. The van der Waals surface area contributed by atoms with Gasteiger partial charge in [0.1, 0.15) is 6.33 Å². The van der Waals surface area contributed by atoms with Crippen molar-refractivity contribution in [1.29, 1.82) is 0 Å². The van der Waals surface area contributed by atoms with Crippen molar-refractivity contribution in [1.82, 2.24) is 20.1 Å². The van der Waals surface area contributed by atoms with Gasteiger partial charge >= 0.3 is 0 Å².